The lowest BCUT2D eigenvalue weighted by Gasteiger charge is -2.39. The molecule has 4 aromatic rings. The van der Waals surface area contributed by atoms with Gasteiger partial charge < -0.3 is 19.8 Å². The molecule has 0 atom stereocenters. The van der Waals surface area contributed by atoms with Crippen LogP contribution in [0.2, 0.25) is 0 Å². The zero-order chi connectivity index (χ0) is 31.6. The summed E-state index contributed by atoms with van der Waals surface area (Å²) >= 11 is 1.25. The molecule has 0 radical (unpaired) electrons. The van der Waals surface area contributed by atoms with Crippen molar-refractivity contribution in [3.8, 4) is 17.3 Å². The molecular formula is C31H33FN8O2S. The molecule has 12 heteroatoms. The van der Waals surface area contributed by atoms with Crippen LogP contribution in [0, 0.1) is 24.1 Å². The van der Waals surface area contributed by atoms with Gasteiger partial charge in [-0.3, -0.25) is 9.69 Å². The normalized spacial score (nSPS) is 18.4. The topological polar surface area (TPSA) is 104 Å². The van der Waals surface area contributed by atoms with E-state index in [9.17, 15) is 16.5 Å². The van der Waals surface area contributed by atoms with Crippen LogP contribution in [0.25, 0.3) is 16.8 Å². The van der Waals surface area contributed by atoms with Crippen molar-refractivity contribution in [2.24, 2.45) is 0 Å². The molecule has 0 spiro atoms. The van der Waals surface area contributed by atoms with Gasteiger partial charge in [0.1, 0.15) is 16.6 Å². The van der Waals surface area contributed by atoms with Gasteiger partial charge in [-0.15, -0.1) is 0 Å². The summed E-state index contributed by atoms with van der Waals surface area (Å²) in [7, 11) is 1.82. The van der Waals surface area contributed by atoms with Gasteiger partial charge in [0.2, 0.25) is 5.91 Å². The number of hydrogen-bond acceptors (Lipinski definition) is 9. The quantitative estimate of drug-likeness (QED) is 0.341. The van der Waals surface area contributed by atoms with Crippen molar-refractivity contribution in [2.75, 3.05) is 62.7 Å². The monoisotopic (exact) mass is 602 g/mol. The number of benzene rings is 1. The predicted octanol–water partition coefficient (Wildman–Crippen LogP) is 3.75. The zero-order valence-electron chi connectivity index (χ0n) is 26.0. The van der Waals surface area contributed by atoms with E-state index in [2.05, 4.69) is 11.2 Å². The van der Waals surface area contributed by atoms with Crippen LogP contribution in [0.5, 0.6) is 0 Å². The largest absolute Gasteiger partial charge is 0.389 e. The van der Waals surface area contributed by atoms with Crippen LogP contribution in [-0.2, 0) is 4.79 Å². The number of halogens is 1. The summed E-state index contributed by atoms with van der Waals surface area (Å²) in [5.74, 6) is -0.704. The van der Waals surface area contributed by atoms with Gasteiger partial charge >= 0.3 is 0 Å². The Morgan fingerprint density at radius 2 is 1.95 bits per heavy atom. The van der Waals surface area contributed by atoms with Gasteiger partial charge in [-0.05, 0) is 25.8 Å². The Morgan fingerprint density at radius 3 is 2.60 bits per heavy atom. The number of aryl methyl sites for hydroxylation is 1. The maximum absolute atomic E-state index is 15.9. The highest BCUT2D eigenvalue weighted by molar-refractivity contribution is 7.16. The summed E-state index contributed by atoms with van der Waals surface area (Å²) in [5, 5.41) is 24.7. The minimum atomic E-state index is -0.798. The SMILES string of the molecule is [2H]c1c(N2CCN(CC(=O)N3CC(O)C3)CC2)c(F)c([2H])n2nc(C3CC3)c(N(C)c3nc(-c4ccc(C)cc4)c(C#N)s3)c12. The standard InChI is InChI=1S/C31H33FN8O2S/c1-19-3-5-20(6-4-19)28-26(14-33)43-31(34-28)36(2)30-25-13-24(23(32)17-40(25)35-29(30)21-7-8-21)38-11-9-37(10-12-38)18-27(42)39-15-22(41)16-39/h3-6,13,17,21-22,41H,7-12,15-16,18H2,1-2H3/i13D,17D. The van der Waals surface area contributed by atoms with Crippen LogP contribution in [0.1, 0.15) is 37.6 Å². The molecule has 7 rings (SSSR count). The number of likely N-dealkylation sites (tertiary alicyclic amines) is 1. The number of nitrogens with zero attached hydrogens (tertiary/aromatic N) is 8. The number of thiazole rings is 1. The molecule has 1 saturated carbocycles. The number of hydrogen-bond donors (Lipinski definition) is 1. The first-order valence-electron chi connectivity index (χ1n) is 15.5. The molecule has 3 aliphatic rings. The summed E-state index contributed by atoms with van der Waals surface area (Å²) in [4.78, 5) is 25.1. The number of piperazine rings is 1. The Labute approximate surface area is 256 Å². The molecule has 222 valence electrons. The first-order valence-corrected chi connectivity index (χ1v) is 15.3. The lowest BCUT2D eigenvalue weighted by molar-refractivity contribution is -0.142. The molecule has 43 heavy (non-hydrogen) atoms. The average molecular weight is 603 g/mol. The molecule has 0 bridgehead atoms. The number of anilines is 3. The Balaban J connectivity index is 1.23. The van der Waals surface area contributed by atoms with Crippen molar-refractivity contribution in [2.45, 2.75) is 31.8 Å². The minimum absolute atomic E-state index is 0.0391. The van der Waals surface area contributed by atoms with E-state index >= 15 is 4.39 Å². The number of nitriles is 1. The van der Waals surface area contributed by atoms with E-state index in [4.69, 9.17) is 6.35 Å². The fourth-order valence-corrected chi connectivity index (χ4v) is 6.58. The van der Waals surface area contributed by atoms with Crippen molar-refractivity contribution in [3.05, 3.63) is 58.4 Å². The minimum Gasteiger partial charge on any atom is -0.389 e. The molecule has 2 saturated heterocycles. The molecule has 10 nitrogen and oxygen atoms in total. The number of pyridine rings is 1. The van der Waals surface area contributed by atoms with Gasteiger partial charge in [-0.2, -0.15) is 10.4 Å². The Kier molecular flexibility index (Phi) is 6.45. The third kappa shape index (κ3) is 5.22. The molecule has 1 aromatic carbocycles. The van der Waals surface area contributed by atoms with E-state index in [1.165, 1.54) is 15.9 Å². The molecule has 2 aliphatic heterocycles. The predicted molar refractivity (Wildman–Crippen MR) is 163 cm³/mol. The Bertz CT molecular complexity index is 1840. The van der Waals surface area contributed by atoms with Crippen LogP contribution in [-0.4, -0.2) is 94.4 Å². The number of aromatic nitrogens is 3. The van der Waals surface area contributed by atoms with Crippen molar-refractivity contribution < 1.29 is 17.0 Å². The highest BCUT2D eigenvalue weighted by atomic mass is 32.1. The van der Waals surface area contributed by atoms with Crippen molar-refractivity contribution >= 4 is 39.3 Å². The van der Waals surface area contributed by atoms with Gasteiger partial charge in [0.15, 0.2) is 10.9 Å². The molecule has 0 unspecified atom stereocenters. The van der Waals surface area contributed by atoms with Crippen LogP contribution < -0.4 is 9.80 Å². The van der Waals surface area contributed by atoms with Crippen LogP contribution in [0.15, 0.2) is 36.5 Å². The molecule has 1 amide bonds. The maximum atomic E-state index is 15.9. The average Bonchev–Trinajstić information content (AvgIpc) is 3.64. The molecule has 1 N–H and O–H groups in total. The number of rotatable bonds is 7. The van der Waals surface area contributed by atoms with E-state index in [1.807, 2.05) is 48.0 Å². The fraction of sp³-hybridized carbons (Fsp3) is 0.419. The molecular weight excluding hydrogens is 567 g/mol. The van der Waals surface area contributed by atoms with Gasteiger partial charge in [0.05, 0.1) is 44.1 Å². The second-order valence-electron chi connectivity index (χ2n) is 11.6. The fourth-order valence-electron chi connectivity index (χ4n) is 5.72. The number of aliphatic hydroxyl groups excluding tert-OH is 1. The number of β-amino-alcohol motifs (C(OH)–C–C–N with tert-alkyl or cyclic N) is 1. The van der Waals surface area contributed by atoms with Crippen LogP contribution in [0.3, 0.4) is 0 Å². The highest BCUT2D eigenvalue weighted by Gasteiger charge is 2.34. The molecule has 5 heterocycles. The Morgan fingerprint density at radius 1 is 1.23 bits per heavy atom. The number of fused-ring (bicyclic) bond motifs is 1. The lowest BCUT2D eigenvalue weighted by Crippen LogP contribution is -2.57. The number of amides is 1. The highest BCUT2D eigenvalue weighted by Crippen LogP contribution is 2.48. The lowest BCUT2D eigenvalue weighted by atomic mass is 10.1. The first-order chi connectivity index (χ1) is 21.6. The van der Waals surface area contributed by atoms with E-state index in [1.54, 1.807) is 9.80 Å². The summed E-state index contributed by atoms with van der Waals surface area (Å²) in [6.45, 7) is 4.71. The number of carbonyl (C=O) groups is 1. The second-order valence-corrected chi connectivity index (χ2v) is 12.6. The Hall–Kier alpha value is -4.05. The zero-order valence-corrected chi connectivity index (χ0v) is 24.9. The molecule has 3 aromatic heterocycles. The first kappa shape index (κ1) is 25.4. The number of aliphatic hydroxyl groups is 1. The van der Waals surface area contributed by atoms with E-state index < -0.39 is 18.1 Å². The number of carbonyl (C=O) groups excluding carboxylic acids is 1. The van der Waals surface area contributed by atoms with Crippen molar-refractivity contribution in [3.63, 3.8) is 0 Å². The van der Waals surface area contributed by atoms with Gasteiger partial charge in [-0.25, -0.2) is 13.9 Å². The van der Waals surface area contributed by atoms with E-state index in [-0.39, 0.29) is 30.1 Å². The maximum Gasteiger partial charge on any atom is 0.236 e. The van der Waals surface area contributed by atoms with E-state index in [0.29, 0.717) is 71.9 Å². The molecule has 1 aliphatic carbocycles. The van der Waals surface area contributed by atoms with Crippen LogP contribution >= 0.6 is 11.3 Å². The second kappa shape index (κ2) is 10.9. The smallest absolute Gasteiger partial charge is 0.236 e. The van der Waals surface area contributed by atoms with Gasteiger partial charge in [0, 0.05) is 57.8 Å². The van der Waals surface area contributed by atoms with Crippen LogP contribution in [0.4, 0.5) is 20.9 Å². The van der Waals surface area contributed by atoms with Crippen molar-refractivity contribution in [1.29, 1.82) is 5.26 Å². The summed E-state index contributed by atoms with van der Waals surface area (Å²) in [5.41, 5.74) is 4.20. The summed E-state index contributed by atoms with van der Waals surface area (Å²) in [6.07, 6.45) is 0.954. The third-order valence-corrected chi connectivity index (χ3v) is 9.46. The summed E-state index contributed by atoms with van der Waals surface area (Å²) < 4.78 is 35.2. The van der Waals surface area contributed by atoms with Crippen molar-refractivity contribution in [1.82, 2.24) is 24.4 Å². The third-order valence-electron chi connectivity index (χ3n) is 8.43. The van der Waals surface area contributed by atoms with Gasteiger partial charge in [-0.1, -0.05) is 41.2 Å². The van der Waals surface area contributed by atoms with Gasteiger partial charge in [0.25, 0.3) is 0 Å². The van der Waals surface area contributed by atoms with E-state index in [0.717, 1.165) is 24.0 Å². The summed E-state index contributed by atoms with van der Waals surface area (Å²) in [6, 6.07) is 10.0. The molecule has 3 fully saturated rings.